The van der Waals surface area contributed by atoms with Gasteiger partial charge in [-0.15, -0.1) is 0 Å². The molecule has 0 amide bonds. The summed E-state index contributed by atoms with van der Waals surface area (Å²) in [5, 5.41) is 3.47. The van der Waals surface area contributed by atoms with Gasteiger partial charge in [-0.1, -0.05) is 20.8 Å². The van der Waals surface area contributed by atoms with Crippen molar-refractivity contribution in [1.82, 2.24) is 5.32 Å². The lowest BCUT2D eigenvalue weighted by molar-refractivity contribution is 0.0658. The molecule has 0 aliphatic heterocycles. The lowest BCUT2D eigenvalue weighted by Gasteiger charge is -2.19. The maximum Gasteiger partial charge on any atom is 0.0631 e. The summed E-state index contributed by atoms with van der Waals surface area (Å²) >= 11 is 2.02. The van der Waals surface area contributed by atoms with Gasteiger partial charge in [-0.25, -0.2) is 0 Å². The van der Waals surface area contributed by atoms with Crippen molar-refractivity contribution in [2.45, 2.75) is 46.8 Å². The summed E-state index contributed by atoms with van der Waals surface area (Å²) in [6.45, 7) is 12.7. The van der Waals surface area contributed by atoms with Gasteiger partial charge in [0.1, 0.15) is 0 Å². The summed E-state index contributed by atoms with van der Waals surface area (Å²) in [6, 6.07) is 0.501. The van der Waals surface area contributed by atoms with E-state index in [1.807, 2.05) is 11.8 Å². The van der Waals surface area contributed by atoms with Gasteiger partial charge in [-0.2, -0.15) is 11.8 Å². The number of rotatable bonds is 9. The van der Waals surface area contributed by atoms with E-state index in [1.165, 1.54) is 5.75 Å². The highest BCUT2D eigenvalue weighted by molar-refractivity contribution is 7.99. The monoisotopic (exact) mass is 233 g/mol. The first-order valence-electron chi connectivity index (χ1n) is 5.99. The Kier molecular flexibility index (Phi) is 9.66. The van der Waals surface area contributed by atoms with Crippen molar-refractivity contribution < 1.29 is 4.74 Å². The van der Waals surface area contributed by atoms with Crippen LogP contribution in [0.5, 0.6) is 0 Å². The topological polar surface area (TPSA) is 21.3 Å². The number of hydrogen-bond acceptors (Lipinski definition) is 3. The van der Waals surface area contributed by atoms with E-state index in [1.54, 1.807) is 0 Å². The molecular weight excluding hydrogens is 206 g/mol. The predicted molar refractivity (Wildman–Crippen MR) is 70.7 cm³/mol. The first kappa shape index (κ1) is 15.3. The smallest absolute Gasteiger partial charge is 0.0631 e. The average molecular weight is 233 g/mol. The molecule has 0 radical (unpaired) electrons. The lowest BCUT2D eigenvalue weighted by Crippen LogP contribution is -2.36. The van der Waals surface area contributed by atoms with E-state index in [4.69, 9.17) is 4.74 Å². The van der Waals surface area contributed by atoms with Gasteiger partial charge in [0.2, 0.25) is 0 Å². The molecular formula is C12H27NOS. The summed E-state index contributed by atoms with van der Waals surface area (Å²) in [6.07, 6.45) is 0.334. The van der Waals surface area contributed by atoms with Crippen LogP contribution in [0.1, 0.15) is 34.6 Å². The summed E-state index contributed by atoms with van der Waals surface area (Å²) in [7, 11) is 0. The minimum absolute atomic E-state index is 0.334. The Morgan fingerprint density at radius 2 is 1.80 bits per heavy atom. The van der Waals surface area contributed by atoms with E-state index >= 15 is 0 Å². The maximum absolute atomic E-state index is 5.64. The standard InChI is InChI=1S/C12H27NOS/c1-6-13-12(7-14-11(4)5)9-15-8-10(2)3/h10-13H,6-9H2,1-5H3. The van der Waals surface area contributed by atoms with E-state index in [0.717, 1.165) is 24.8 Å². The van der Waals surface area contributed by atoms with Gasteiger partial charge in [-0.3, -0.25) is 0 Å². The van der Waals surface area contributed by atoms with Gasteiger partial charge in [-0.05, 0) is 32.1 Å². The van der Waals surface area contributed by atoms with E-state index in [9.17, 15) is 0 Å². The molecule has 0 spiro atoms. The molecule has 0 rings (SSSR count). The first-order chi connectivity index (χ1) is 7.06. The van der Waals surface area contributed by atoms with Crippen LogP contribution in [-0.2, 0) is 4.74 Å². The number of hydrogen-bond donors (Lipinski definition) is 1. The molecule has 0 aliphatic carbocycles. The van der Waals surface area contributed by atoms with Crippen LogP contribution in [0, 0.1) is 5.92 Å². The maximum atomic E-state index is 5.64. The fourth-order valence-electron chi connectivity index (χ4n) is 1.21. The molecule has 1 unspecified atom stereocenters. The van der Waals surface area contributed by atoms with Crippen LogP contribution in [0.3, 0.4) is 0 Å². The Morgan fingerprint density at radius 1 is 1.13 bits per heavy atom. The second kappa shape index (κ2) is 9.49. The van der Waals surface area contributed by atoms with Crippen molar-refractivity contribution in [2.24, 2.45) is 5.92 Å². The van der Waals surface area contributed by atoms with E-state index in [0.29, 0.717) is 12.1 Å². The minimum atomic E-state index is 0.334. The van der Waals surface area contributed by atoms with Crippen molar-refractivity contribution in [3.05, 3.63) is 0 Å². The Hall–Kier alpha value is 0.270. The normalized spacial score (nSPS) is 13.8. The van der Waals surface area contributed by atoms with Crippen molar-refractivity contribution in [3.8, 4) is 0 Å². The summed E-state index contributed by atoms with van der Waals surface area (Å²) in [4.78, 5) is 0. The Balaban J connectivity index is 3.62. The molecule has 2 nitrogen and oxygen atoms in total. The fraction of sp³-hybridized carbons (Fsp3) is 1.00. The van der Waals surface area contributed by atoms with Crippen molar-refractivity contribution >= 4 is 11.8 Å². The molecule has 1 N–H and O–H groups in total. The highest BCUT2D eigenvalue weighted by Gasteiger charge is 2.08. The van der Waals surface area contributed by atoms with Gasteiger partial charge < -0.3 is 10.1 Å². The molecule has 0 heterocycles. The lowest BCUT2D eigenvalue weighted by atomic mass is 10.3. The number of ether oxygens (including phenoxy) is 1. The van der Waals surface area contributed by atoms with Gasteiger partial charge in [0.15, 0.2) is 0 Å². The Labute approximate surface area is 99.5 Å². The molecule has 1 atom stereocenters. The van der Waals surface area contributed by atoms with Crippen LogP contribution < -0.4 is 5.32 Å². The van der Waals surface area contributed by atoms with Gasteiger partial charge in [0.05, 0.1) is 12.7 Å². The molecule has 15 heavy (non-hydrogen) atoms. The molecule has 0 saturated carbocycles. The van der Waals surface area contributed by atoms with Crippen molar-refractivity contribution in [1.29, 1.82) is 0 Å². The highest BCUT2D eigenvalue weighted by atomic mass is 32.2. The van der Waals surface area contributed by atoms with Gasteiger partial charge in [0.25, 0.3) is 0 Å². The summed E-state index contributed by atoms with van der Waals surface area (Å²) in [5.74, 6) is 3.17. The second-order valence-corrected chi connectivity index (χ2v) is 5.64. The number of likely N-dealkylation sites (N-methyl/N-ethyl adjacent to an activating group) is 1. The average Bonchev–Trinajstić information content (AvgIpc) is 2.13. The van der Waals surface area contributed by atoms with Crippen LogP contribution in [0.2, 0.25) is 0 Å². The van der Waals surface area contributed by atoms with Gasteiger partial charge in [0, 0.05) is 11.8 Å². The van der Waals surface area contributed by atoms with Crippen LogP contribution in [0.4, 0.5) is 0 Å². The van der Waals surface area contributed by atoms with E-state index in [2.05, 4.69) is 39.9 Å². The summed E-state index contributed by atoms with van der Waals surface area (Å²) < 4.78 is 5.64. The zero-order valence-electron chi connectivity index (χ0n) is 10.9. The summed E-state index contributed by atoms with van der Waals surface area (Å²) in [5.41, 5.74) is 0. The molecule has 92 valence electrons. The molecule has 0 saturated heterocycles. The van der Waals surface area contributed by atoms with E-state index < -0.39 is 0 Å². The van der Waals surface area contributed by atoms with Crippen LogP contribution in [0.25, 0.3) is 0 Å². The van der Waals surface area contributed by atoms with Crippen LogP contribution in [-0.4, -0.2) is 36.8 Å². The molecule has 3 heteroatoms. The Bertz CT molecular complexity index is 140. The third-order valence-corrected chi connectivity index (χ3v) is 3.43. The number of thioether (sulfide) groups is 1. The van der Waals surface area contributed by atoms with Crippen molar-refractivity contribution in [2.75, 3.05) is 24.7 Å². The van der Waals surface area contributed by atoms with Crippen molar-refractivity contribution in [3.63, 3.8) is 0 Å². The second-order valence-electron chi connectivity index (χ2n) is 4.57. The number of nitrogens with one attached hydrogen (secondary N) is 1. The SMILES string of the molecule is CCNC(COC(C)C)CSCC(C)C. The quantitative estimate of drug-likeness (QED) is 0.662. The fourth-order valence-corrected chi connectivity index (χ4v) is 2.32. The van der Waals surface area contributed by atoms with Crippen LogP contribution in [0.15, 0.2) is 0 Å². The molecule has 0 aliphatic rings. The van der Waals surface area contributed by atoms with Crippen LogP contribution >= 0.6 is 11.8 Å². The molecule has 0 fully saturated rings. The molecule has 0 aromatic heterocycles. The third-order valence-electron chi connectivity index (χ3n) is 1.89. The van der Waals surface area contributed by atoms with E-state index in [-0.39, 0.29) is 0 Å². The Morgan fingerprint density at radius 3 is 2.27 bits per heavy atom. The highest BCUT2D eigenvalue weighted by Crippen LogP contribution is 2.09. The first-order valence-corrected chi connectivity index (χ1v) is 7.14. The largest absolute Gasteiger partial charge is 0.377 e. The zero-order chi connectivity index (χ0) is 11.7. The minimum Gasteiger partial charge on any atom is -0.377 e. The molecule has 0 bridgehead atoms. The molecule has 0 aromatic rings. The zero-order valence-corrected chi connectivity index (χ0v) is 11.7. The van der Waals surface area contributed by atoms with Gasteiger partial charge >= 0.3 is 0 Å². The third kappa shape index (κ3) is 10.6. The molecule has 0 aromatic carbocycles. The predicted octanol–water partition coefficient (Wildman–Crippen LogP) is 2.78.